The van der Waals surface area contributed by atoms with Crippen LogP contribution in [0.1, 0.15) is 5.69 Å². The molecule has 96 valence electrons. The molecule has 0 unspecified atom stereocenters. The van der Waals surface area contributed by atoms with Gasteiger partial charge in [0.15, 0.2) is 0 Å². The first-order valence-electron chi connectivity index (χ1n) is 5.54. The van der Waals surface area contributed by atoms with Crippen molar-refractivity contribution in [3.8, 4) is 0 Å². The second-order valence-corrected chi connectivity index (χ2v) is 5.16. The zero-order valence-corrected chi connectivity index (χ0v) is 10.2. The fourth-order valence-corrected chi connectivity index (χ4v) is 2.73. The molecular weight excluding hydrogens is 256 g/mol. The second kappa shape index (κ2) is 4.39. The Morgan fingerprint density at radius 3 is 2.83 bits per heavy atom. The zero-order valence-electron chi connectivity index (χ0n) is 9.43. The van der Waals surface area contributed by atoms with E-state index in [4.69, 9.17) is 0 Å². The van der Waals surface area contributed by atoms with Crippen LogP contribution in [0.15, 0.2) is 16.4 Å². The SMILES string of the molecule is O=c1cc(CN2C[C@@H](O)[C@@H](O)C2)nc2scnn12. The maximum absolute atomic E-state index is 11.7. The lowest BCUT2D eigenvalue weighted by Crippen LogP contribution is -2.24. The van der Waals surface area contributed by atoms with Gasteiger partial charge in [0.25, 0.3) is 5.56 Å². The molecule has 0 aliphatic carbocycles. The summed E-state index contributed by atoms with van der Waals surface area (Å²) in [6, 6.07) is 1.43. The lowest BCUT2D eigenvalue weighted by molar-refractivity contribution is 0.0572. The number of aliphatic hydroxyl groups is 2. The van der Waals surface area contributed by atoms with Gasteiger partial charge in [0.2, 0.25) is 4.96 Å². The number of aliphatic hydroxyl groups excluding tert-OH is 2. The van der Waals surface area contributed by atoms with Gasteiger partial charge in [0.1, 0.15) is 5.51 Å². The molecule has 0 saturated carbocycles. The molecule has 0 radical (unpaired) electrons. The number of hydrogen-bond acceptors (Lipinski definition) is 7. The molecule has 1 fully saturated rings. The number of hydrogen-bond donors (Lipinski definition) is 2. The molecule has 0 spiro atoms. The van der Waals surface area contributed by atoms with Gasteiger partial charge in [-0.1, -0.05) is 11.3 Å². The van der Waals surface area contributed by atoms with Crippen LogP contribution in [0.2, 0.25) is 0 Å². The van der Waals surface area contributed by atoms with Gasteiger partial charge in [-0.15, -0.1) is 0 Å². The van der Waals surface area contributed by atoms with Crippen molar-refractivity contribution in [3.05, 3.63) is 27.6 Å². The molecule has 2 atom stereocenters. The molecular formula is C10H12N4O3S. The quantitative estimate of drug-likeness (QED) is 0.702. The number of rotatable bonds is 2. The Morgan fingerprint density at radius 1 is 1.39 bits per heavy atom. The first-order chi connectivity index (χ1) is 8.63. The summed E-state index contributed by atoms with van der Waals surface area (Å²) in [7, 11) is 0. The summed E-state index contributed by atoms with van der Waals surface area (Å²) < 4.78 is 1.25. The van der Waals surface area contributed by atoms with Crippen molar-refractivity contribution in [2.24, 2.45) is 0 Å². The van der Waals surface area contributed by atoms with E-state index in [0.29, 0.717) is 30.3 Å². The minimum atomic E-state index is -0.724. The topological polar surface area (TPSA) is 91.0 Å². The van der Waals surface area contributed by atoms with Gasteiger partial charge >= 0.3 is 0 Å². The molecule has 1 aliphatic heterocycles. The molecule has 0 aromatic carbocycles. The highest BCUT2D eigenvalue weighted by molar-refractivity contribution is 7.14. The molecule has 7 nitrogen and oxygen atoms in total. The molecule has 8 heteroatoms. The van der Waals surface area contributed by atoms with Crippen LogP contribution in [0.25, 0.3) is 4.96 Å². The summed E-state index contributed by atoms with van der Waals surface area (Å²) >= 11 is 1.30. The van der Waals surface area contributed by atoms with Crippen molar-refractivity contribution in [1.29, 1.82) is 0 Å². The van der Waals surface area contributed by atoms with E-state index < -0.39 is 12.2 Å². The van der Waals surface area contributed by atoms with Crippen LogP contribution in [0.5, 0.6) is 0 Å². The van der Waals surface area contributed by atoms with Crippen LogP contribution in [0.4, 0.5) is 0 Å². The average molecular weight is 268 g/mol. The zero-order chi connectivity index (χ0) is 12.7. The number of likely N-dealkylation sites (tertiary alicyclic amines) is 1. The number of fused-ring (bicyclic) bond motifs is 1. The van der Waals surface area contributed by atoms with E-state index in [1.165, 1.54) is 21.9 Å². The van der Waals surface area contributed by atoms with Crippen LogP contribution < -0.4 is 5.56 Å². The highest BCUT2D eigenvalue weighted by Crippen LogP contribution is 2.13. The third-order valence-corrected chi connectivity index (χ3v) is 3.64. The standard InChI is InChI=1S/C10H12N4O3S/c15-7-3-13(4-8(7)16)2-6-1-9(17)14-10(12-6)18-5-11-14/h1,5,7-8,15-16H,2-4H2/t7-,8+. The van der Waals surface area contributed by atoms with Crippen LogP contribution in [0, 0.1) is 0 Å². The molecule has 3 rings (SSSR count). The molecule has 0 amide bonds. The van der Waals surface area contributed by atoms with Crippen molar-refractivity contribution in [2.75, 3.05) is 13.1 Å². The van der Waals surface area contributed by atoms with E-state index >= 15 is 0 Å². The minimum absolute atomic E-state index is 0.212. The van der Waals surface area contributed by atoms with Crippen molar-refractivity contribution < 1.29 is 10.2 Å². The molecule has 2 aromatic heterocycles. The Labute approximate surface area is 106 Å². The average Bonchev–Trinajstić information content (AvgIpc) is 2.87. The molecule has 3 heterocycles. The Balaban J connectivity index is 1.85. The maximum atomic E-state index is 11.7. The monoisotopic (exact) mass is 268 g/mol. The van der Waals surface area contributed by atoms with Crippen molar-refractivity contribution in [3.63, 3.8) is 0 Å². The number of nitrogens with zero attached hydrogens (tertiary/aromatic N) is 4. The van der Waals surface area contributed by atoms with Crippen molar-refractivity contribution >= 4 is 16.3 Å². The Kier molecular flexibility index (Phi) is 2.86. The van der Waals surface area contributed by atoms with Gasteiger partial charge in [-0.25, -0.2) is 4.98 Å². The summed E-state index contributed by atoms with van der Waals surface area (Å²) in [5, 5.41) is 22.8. The fourth-order valence-electron chi connectivity index (χ4n) is 2.09. The Bertz CT molecular complexity index is 615. The highest BCUT2D eigenvalue weighted by atomic mass is 32.1. The molecule has 18 heavy (non-hydrogen) atoms. The molecule has 1 aliphatic rings. The Hall–Kier alpha value is -1.35. The predicted molar refractivity (Wildman–Crippen MR) is 64.4 cm³/mol. The van der Waals surface area contributed by atoms with Gasteiger partial charge in [-0.05, 0) is 0 Å². The van der Waals surface area contributed by atoms with Gasteiger partial charge in [-0.3, -0.25) is 9.69 Å². The largest absolute Gasteiger partial charge is 0.389 e. The van der Waals surface area contributed by atoms with Gasteiger partial charge in [0, 0.05) is 25.7 Å². The summed E-state index contributed by atoms with van der Waals surface area (Å²) in [6.45, 7) is 1.23. The predicted octanol–water partition coefficient (Wildman–Crippen LogP) is -1.31. The maximum Gasteiger partial charge on any atom is 0.275 e. The summed E-state index contributed by atoms with van der Waals surface area (Å²) in [6.07, 6.45) is -1.45. The number of β-amino-alcohol motifs (C(OH)–C–C–N with tert-alkyl or cyclic N) is 2. The first kappa shape index (κ1) is 11.7. The van der Waals surface area contributed by atoms with Crippen LogP contribution >= 0.6 is 11.3 Å². The lowest BCUT2D eigenvalue weighted by Gasteiger charge is -2.13. The van der Waals surface area contributed by atoms with E-state index in [2.05, 4.69) is 10.1 Å². The van der Waals surface area contributed by atoms with Crippen molar-refractivity contribution in [2.45, 2.75) is 18.8 Å². The third kappa shape index (κ3) is 2.03. The molecule has 2 aromatic rings. The normalized spacial score (nSPS) is 25.0. The lowest BCUT2D eigenvalue weighted by atomic mass is 10.3. The van der Waals surface area contributed by atoms with Gasteiger partial charge < -0.3 is 10.2 Å². The summed E-state index contributed by atoms with van der Waals surface area (Å²) in [5.41, 5.74) is 1.98. The Morgan fingerprint density at radius 2 is 2.11 bits per heavy atom. The first-order valence-corrected chi connectivity index (χ1v) is 6.42. The third-order valence-electron chi connectivity index (χ3n) is 2.96. The molecule has 0 bridgehead atoms. The molecule has 2 N–H and O–H groups in total. The smallest absolute Gasteiger partial charge is 0.275 e. The van der Waals surface area contributed by atoms with E-state index in [-0.39, 0.29) is 5.56 Å². The van der Waals surface area contributed by atoms with E-state index in [1.807, 2.05) is 4.90 Å². The van der Waals surface area contributed by atoms with Gasteiger partial charge in [0.05, 0.1) is 17.9 Å². The van der Waals surface area contributed by atoms with E-state index in [1.54, 1.807) is 5.51 Å². The second-order valence-electron chi connectivity index (χ2n) is 4.35. The summed E-state index contributed by atoms with van der Waals surface area (Å²) in [4.78, 5) is 18.5. The van der Waals surface area contributed by atoms with Crippen LogP contribution in [-0.4, -0.2) is 55.0 Å². The fraction of sp³-hybridized carbons (Fsp3) is 0.500. The van der Waals surface area contributed by atoms with Crippen LogP contribution in [-0.2, 0) is 6.54 Å². The highest BCUT2D eigenvalue weighted by Gasteiger charge is 2.29. The number of aromatic nitrogens is 3. The van der Waals surface area contributed by atoms with Gasteiger partial charge in [-0.2, -0.15) is 9.61 Å². The van der Waals surface area contributed by atoms with Crippen molar-refractivity contribution in [1.82, 2.24) is 19.5 Å². The molecule has 1 saturated heterocycles. The van der Waals surface area contributed by atoms with E-state index in [9.17, 15) is 15.0 Å². The van der Waals surface area contributed by atoms with E-state index in [0.717, 1.165) is 0 Å². The minimum Gasteiger partial charge on any atom is -0.389 e. The van der Waals surface area contributed by atoms with Crippen LogP contribution in [0.3, 0.4) is 0 Å². The summed E-state index contributed by atoms with van der Waals surface area (Å²) in [5.74, 6) is 0.